The van der Waals surface area contributed by atoms with Gasteiger partial charge in [0.1, 0.15) is 6.04 Å². The van der Waals surface area contributed by atoms with E-state index in [1.165, 1.54) is 22.8 Å². The van der Waals surface area contributed by atoms with Crippen LogP contribution in [0.1, 0.15) is 60.8 Å². The Morgan fingerprint density at radius 2 is 1.50 bits per heavy atom. The quantitative estimate of drug-likeness (QED) is 0.235. The molecule has 4 aromatic carbocycles. The molecule has 0 unspecified atom stereocenters. The molecule has 1 atom stereocenters. The summed E-state index contributed by atoms with van der Waals surface area (Å²) < 4.78 is 0. The fraction of sp³-hybridized carbons (Fsp3) is 0.333. The molecule has 1 saturated carbocycles. The Labute approximate surface area is 238 Å². The summed E-state index contributed by atoms with van der Waals surface area (Å²) in [6, 6.07) is 32.6. The minimum Gasteiger partial charge on any atom is -0.352 e. The van der Waals surface area contributed by atoms with Gasteiger partial charge in [-0.05, 0) is 53.6 Å². The van der Waals surface area contributed by atoms with Crippen molar-refractivity contribution < 1.29 is 9.59 Å². The Morgan fingerprint density at radius 1 is 0.800 bits per heavy atom. The Kier molecular flexibility index (Phi) is 9.28. The summed E-state index contributed by atoms with van der Waals surface area (Å²) in [6.07, 6.45) is 7.01. The predicted octanol–water partition coefficient (Wildman–Crippen LogP) is 7.17. The molecule has 0 heterocycles. The summed E-state index contributed by atoms with van der Waals surface area (Å²) in [6.45, 7) is 2.47. The zero-order valence-electron chi connectivity index (χ0n) is 23.5. The topological polar surface area (TPSA) is 49.4 Å². The van der Waals surface area contributed by atoms with Gasteiger partial charge in [-0.15, -0.1) is 0 Å². The van der Waals surface area contributed by atoms with Crippen LogP contribution in [-0.4, -0.2) is 28.8 Å². The number of benzene rings is 4. The molecule has 4 nitrogen and oxygen atoms in total. The maximum absolute atomic E-state index is 14.1. The lowest BCUT2D eigenvalue weighted by Gasteiger charge is -2.33. The number of nitrogens with one attached hydrogen (secondary N) is 1. The van der Waals surface area contributed by atoms with Crippen LogP contribution in [0.5, 0.6) is 0 Å². The Bertz CT molecular complexity index is 1400. The van der Waals surface area contributed by atoms with Gasteiger partial charge in [0.2, 0.25) is 11.8 Å². The first kappa shape index (κ1) is 27.6. The van der Waals surface area contributed by atoms with Gasteiger partial charge in [0.15, 0.2) is 0 Å². The molecule has 0 radical (unpaired) electrons. The molecule has 0 saturated heterocycles. The first-order valence-corrected chi connectivity index (χ1v) is 14.7. The second-order valence-corrected chi connectivity index (χ2v) is 11.2. The maximum atomic E-state index is 14.1. The van der Waals surface area contributed by atoms with Crippen LogP contribution in [0.25, 0.3) is 10.8 Å². The van der Waals surface area contributed by atoms with E-state index in [1.807, 2.05) is 47.4 Å². The highest BCUT2D eigenvalue weighted by Crippen LogP contribution is 2.23. The summed E-state index contributed by atoms with van der Waals surface area (Å²) in [5, 5.41) is 5.69. The van der Waals surface area contributed by atoms with Crippen LogP contribution in [0.15, 0.2) is 97.1 Å². The highest BCUT2D eigenvalue weighted by atomic mass is 16.2. The second-order valence-electron chi connectivity index (χ2n) is 11.2. The van der Waals surface area contributed by atoms with E-state index in [0.717, 1.165) is 42.4 Å². The number of aryl methyl sites for hydroxylation is 2. The highest BCUT2D eigenvalue weighted by Gasteiger charge is 2.31. The monoisotopic (exact) mass is 532 g/mol. The maximum Gasteiger partial charge on any atom is 0.243 e. The molecule has 4 heteroatoms. The molecule has 206 valence electrons. The number of amides is 2. The SMILES string of the molecule is Cc1ccc(CN(C(=O)CCc2cccc3ccccc23)[C@H](Cc2ccccc2)C(=O)NC2CCCCC2)cc1. The van der Waals surface area contributed by atoms with Gasteiger partial charge >= 0.3 is 0 Å². The number of hydrogen-bond acceptors (Lipinski definition) is 2. The smallest absolute Gasteiger partial charge is 0.243 e. The van der Waals surface area contributed by atoms with Gasteiger partial charge in [0, 0.05) is 25.4 Å². The van der Waals surface area contributed by atoms with Crippen LogP contribution in [0.3, 0.4) is 0 Å². The fourth-order valence-electron chi connectivity index (χ4n) is 5.88. The lowest BCUT2D eigenvalue weighted by molar-refractivity contribution is -0.141. The van der Waals surface area contributed by atoms with Gasteiger partial charge in [-0.3, -0.25) is 9.59 Å². The summed E-state index contributed by atoms with van der Waals surface area (Å²) in [7, 11) is 0. The first-order chi connectivity index (χ1) is 19.6. The zero-order valence-corrected chi connectivity index (χ0v) is 23.5. The molecule has 4 aromatic rings. The van der Waals surface area contributed by atoms with Crippen molar-refractivity contribution in [3.8, 4) is 0 Å². The van der Waals surface area contributed by atoms with E-state index in [2.05, 4.69) is 66.8 Å². The second kappa shape index (κ2) is 13.4. The molecular formula is C36H40N2O2. The van der Waals surface area contributed by atoms with Gasteiger partial charge < -0.3 is 10.2 Å². The molecular weight excluding hydrogens is 492 g/mol. The van der Waals surface area contributed by atoms with E-state index in [9.17, 15) is 9.59 Å². The van der Waals surface area contributed by atoms with Gasteiger partial charge in [0.25, 0.3) is 0 Å². The minimum atomic E-state index is -0.578. The molecule has 0 spiro atoms. The van der Waals surface area contributed by atoms with Crippen molar-refractivity contribution in [2.75, 3.05) is 0 Å². The molecule has 2 amide bonds. The Balaban J connectivity index is 1.43. The van der Waals surface area contributed by atoms with E-state index in [0.29, 0.717) is 25.8 Å². The molecule has 1 aliphatic carbocycles. The predicted molar refractivity (Wildman–Crippen MR) is 163 cm³/mol. The van der Waals surface area contributed by atoms with Crippen LogP contribution >= 0.6 is 0 Å². The lowest BCUT2D eigenvalue weighted by Crippen LogP contribution is -2.52. The number of rotatable bonds is 10. The summed E-state index contributed by atoms with van der Waals surface area (Å²) in [4.78, 5) is 29.9. The molecule has 40 heavy (non-hydrogen) atoms. The van der Waals surface area contributed by atoms with Crippen LogP contribution in [-0.2, 0) is 29.0 Å². The zero-order chi connectivity index (χ0) is 27.7. The van der Waals surface area contributed by atoms with Crippen molar-refractivity contribution in [3.63, 3.8) is 0 Å². The normalized spacial score (nSPS) is 14.5. The molecule has 1 aliphatic rings. The Morgan fingerprint density at radius 3 is 2.27 bits per heavy atom. The number of carbonyl (C=O) groups excluding carboxylic acids is 2. The molecule has 1 N–H and O–H groups in total. The number of hydrogen-bond donors (Lipinski definition) is 1. The van der Waals surface area contributed by atoms with Gasteiger partial charge in [-0.1, -0.05) is 122 Å². The van der Waals surface area contributed by atoms with Gasteiger partial charge in [-0.25, -0.2) is 0 Å². The van der Waals surface area contributed by atoms with Crippen LogP contribution in [0, 0.1) is 6.92 Å². The number of nitrogens with zero attached hydrogens (tertiary/aromatic N) is 1. The number of fused-ring (bicyclic) bond motifs is 1. The highest BCUT2D eigenvalue weighted by molar-refractivity contribution is 5.89. The minimum absolute atomic E-state index is 0.00762. The summed E-state index contributed by atoms with van der Waals surface area (Å²) in [5.74, 6) is -0.0328. The fourth-order valence-corrected chi connectivity index (χ4v) is 5.88. The Hall–Kier alpha value is -3.92. The van der Waals surface area contributed by atoms with Crippen LogP contribution in [0.2, 0.25) is 0 Å². The average molecular weight is 533 g/mol. The molecule has 0 aliphatic heterocycles. The number of carbonyl (C=O) groups is 2. The van der Waals surface area contributed by atoms with Crippen molar-refractivity contribution in [3.05, 3.63) is 119 Å². The van der Waals surface area contributed by atoms with E-state index < -0.39 is 6.04 Å². The lowest BCUT2D eigenvalue weighted by atomic mass is 9.94. The standard InChI is InChI=1S/C36H40N2O2/c1-27-19-21-29(22-20-27)26-38(35(39)24-23-31-15-10-14-30-13-8-9-18-33(30)31)34(25-28-11-4-2-5-12-28)36(40)37-32-16-6-3-7-17-32/h2,4-5,8-15,18-22,32,34H,3,6-7,16-17,23-26H2,1H3,(H,37,40)/t34-/m1/s1. The van der Waals surface area contributed by atoms with E-state index >= 15 is 0 Å². The molecule has 1 fully saturated rings. The summed E-state index contributed by atoms with van der Waals surface area (Å²) in [5.41, 5.74) is 4.43. The van der Waals surface area contributed by atoms with E-state index in [1.54, 1.807) is 0 Å². The molecule has 5 rings (SSSR count). The first-order valence-electron chi connectivity index (χ1n) is 14.7. The van der Waals surface area contributed by atoms with Crippen LogP contribution < -0.4 is 5.32 Å². The third-order valence-electron chi connectivity index (χ3n) is 8.18. The van der Waals surface area contributed by atoms with Crippen molar-refractivity contribution >= 4 is 22.6 Å². The van der Waals surface area contributed by atoms with Gasteiger partial charge in [-0.2, -0.15) is 0 Å². The summed E-state index contributed by atoms with van der Waals surface area (Å²) >= 11 is 0. The van der Waals surface area contributed by atoms with Crippen molar-refractivity contribution in [1.82, 2.24) is 10.2 Å². The third-order valence-corrected chi connectivity index (χ3v) is 8.18. The largest absolute Gasteiger partial charge is 0.352 e. The van der Waals surface area contributed by atoms with E-state index in [-0.39, 0.29) is 17.9 Å². The van der Waals surface area contributed by atoms with E-state index in [4.69, 9.17) is 0 Å². The van der Waals surface area contributed by atoms with Crippen molar-refractivity contribution in [2.45, 2.75) is 76.9 Å². The average Bonchev–Trinajstić information content (AvgIpc) is 2.99. The van der Waals surface area contributed by atoms with Gasteiger partial charge in [0.05, 0.1) is 0 Å². The van der Waals surface area contributed by atoms with Crippen molar-refractivity contribution in [2.24, 2.45) is 0 Å². The molecule has 0 aromatic heterocycles. The molecule has 0 bridgehead atoms. The third kappa shape index (κ3) is 7.18. The van der Waals surface area contributed by atoms with Crippen LogP contribution in [0.4, 0.5) is 0 Å². The van der Waals surface area contributed by atoms with Crippen molar-refractivity contribution in [1.29, 1.82) is 0 Å².